The monoisotopic (exact) mass is 267 g/mol. The highest BCUT2D eigenvalue weighted by atomic mass is 16.6. The van der Waals surface area contributed by atoms with Crippen molar-refractivity contribution in [1.29, 1.82) is 0 Å². The Balaban J connectivity index is 1.96. The number of pyridine rings is 1. The summed E-state index contributed by atoms with van der Waals surface area (Å²) >= 11 is 0. The first kappa shape index (κ1) is 13.1. The first-order chi connectivity index (χ1) is 9.06. The topological polar surface area (TPSA) is 106 Å². The molecule has 0 aliphatic carbocycles. The van der Waals surface area contributed by atoms with Crippen LogP contribution >= 0.6 is 0 Å². The molecule has 1 saturated heterocycles. The number of likely N-dealkylation sites (tertiary alicyclic amines) is 1. The fraction of sp³-hybridized carbons (Fsp3) is 0.455. The Bertz CT molecular complexity index is 476. The van der Waals surface area contributed by atoms with E-state index < -0.39 is 11.0 Å². The number of amides is 1. The number of ether oxygens (including phenoxy) is 1. The Morgan fingerprint density at radius 2 is 2.37 bits per heavy atom. The van der Waals surface area contributed by atoms with Gasteiger partial charge in [0.2, 0.25) is 5.88 Å². The van der Waals surface area contributed by atoms with Gasteiger partial charge in [-0.05, 0) is 12.8 Å². The van der Waals surface area contributed by atoms with Crippen molar-refractivity contribution in [3.63, 3.8) is 0 Å². The van der Waals surface area contributed by atoms with Gasteiger partial charge in [-0.1, -0.05) is 0 Å². The third kappa shape index (κ3) is 3.30. The minimum absolute atomic E-state index is 0.108. The maximum Gasteiger partial charge on any atom is 0.407 e. The van der Waals surface area contributed by atoms with Gasteiger partial charge in [0, 0.05) is 18.7 Å². The van der Waals surface area contributed by atoms with E-state index >= 15 is 0 Å². The van der Waals surface area contributed by atoms with Gasteiger partial charge < -0.3 is 14.7 Å². The molecule has 0 bridgehead atoms. The summed E-state index contributed by atoms with van der Waals surface area (Å²) in [7, 11) is 0. The quantitative estimate of drug-likeness (QED) is 0.657. The standard InChI is InChI=1S/C11H13N3O5/c15-11(16)13-5-1-2-9(7-13)19-10-4-3-8(6-12-10)14(17)18/h3-4,6,9H,1-2,5,7H2,(H,15,16). The van der Waals surface area contributed by atoms with E-state index in [1.807, 2.05) is 0 Å². The molecule has 1 amide bonds. The average molecular weight is 267 g/mol. The predicted molar refractivity (Wildman–Crippen MR) is 64.1 cm³/mol. The second-order valence-electron chi connectivity index (χ2n) is 4.22. The average Bonchev–Trinajstić information content (AvgIpc) is 2.39. The van der Waals surface area contributed by atoms with Gasteiger partial charge in [0.25, 0.3) is 5.69 Å². The number of rotatable bonds is 3. The number of aromatic nitrogens is 1. The van der Waals surface area contributed by atoms with Crippen LogP contribution in [0, 0.1) is 10.1 Å². The van der Waals surface area contributed by atoms with Gasteiger partial charge in [0.1, 0.15) is 12.3 Å². The number of hydrogen-bond acceptors (Lipinski definition) is 5. The van der Waals surface area contributed by atoms with E-state index in [0.717, 1.165) is 19.0 Å². The summed E-state index contributed by atoms with van der Waals surface area (Å²) in [6, 6.07) is 2.72. The summed E-state index contributed by atoms with van der Waals surface area (Å²) in [6.45, 7) is 0.789. The number of hydrogen-bond donors (Lipinski definition) is 1. The van der Waals surface area contributed by atoms with E-state index in [0.29, 0.717) is 6.54 Å². The summed E-state index contributed by atoms with van der Waals surface area (Å²) in [5.74, 6) is 0.267. The van der Waals surface area contributed by atoms with Crippen molar-refractivity contribution in [2.45, 2.75) is 18.9 Å². The Morgan fingerprint density at radius 3 is 2.95 bits per heavy atom. The Hall–Kier alpha value is -2.38. The Labute approximate surface area is 108 Å². The first-order valence-electron chi connectivity index (χ1n) is 5.81. The molecule has 1 N–H and O–H groups in total. The zero-order chi connectivity index (χ0) is 13.8. The van der Waals surface area contributed by atoms with Crippen molar-refractivity contribution < 1.29 is 19.6 Å². The highest BCUT2D eigenvalue weighted by Gasteiger charge is 2.24. The van der Waals surface area contributed by atoms with Crippen LogP contribution in [0.3, 0.4) is 0 Å². The molecule has 2 rings (SSSR count). The number of piperidine rings is 1. The summed E-state index contributed by atoms with van der Waals surface area (Å²) in [6.07, 6.45) is 1.35. The third-order valence-electron chi connectivity index (χ3n) is 2.87. The fourth-order valence-corrected chi connectivity index (χ4v) is 1.93. The van der Waals surface area contributed by atoms with Crippen LogP contribution in [-0.4, -0.2) is 45.2 Å². The molecule has 19 heavy (non-hydrogen) atoms. The minimum atomic E-state index is -0.968. The first-order valence-corrected chi connectivity index (χ1v) is 5.81. The zero-order valence-electron chi connectivity index (χ0n) is 10.1. The smallest absolute Gasteiger partial charge is 0.407 e. The van der Waals surface area contributed by atoms with E-state index in [1.165, 1.54) is 17.0 Å². The number of carbonyl (C=O) groups is 1. The van der Waals surface area contributed by atoms with Crippen molar-refractivity contribution in [2.24, 2.45) is 0 Å². The summed E-state index contributed by atoms with van der Waals surface area (Å²) in [5, 5.41) is 19.4. The molecule has 1 aliphatic heterocycles. The highest BCUT2D eigenvalue weighted by Crippen LogP contribution is 2.18. The molecule has 8 nitrogen and oxygen atoms in total. The molecule has 1 aromatic rings. The van der Waals surface area contributed by atoms with E-state index in [2.05, 4.69) is 4.98 Å². The Morgan fingerprint density at radius 1 is 1.58 bits per heavy atom. The summed E-state index contributed by atoms with van der Waals surface area (Å²) in [5.41, 5.74) is -0.108. The van der Waals surface area contributed by atoms with Crippen LogP contribution in [-0.2, 0) is 0 Å². The molecule has 102 valence electrons. The van der Waals surface area contributed by atoms with Crippen LogP contribution in [0.1, 0.15) is 12.8 Å². The van der Waals surface area contributed by atoms with Crippen molar-refractivity contribution in [3.05, 3.63) is 28.4 Å². The van der Waals surface area contributed by atoms with Gasteiger partial charge >= 0.3 is 6.09 Å². The van der Waals surface area contributed by atoms with Crippen molar-refractivity contribution >= 4 is 11.8 Å². The normalized spacial score (nSPS) is 18.9. The predicted octanol–water partition coefficient (Wildman–Crippen LogP) is 1.51. The molecule has 1 aliphatic rings. The molecule has 0 radical (unpaired) electrons. The lowest BCUT2D eigenvalue weighted by atomic mass is 10.1. The SMILES string of the molecule is O=C(O)N1CCCC(Oc2ccc([N+](=O)[O-])cn2)C1. The fourth-order valence-electron chi connectivity index (χ4n) is 1.93. The minimum Gasteiger partial charge on any atom is -0.472 e. The van der Waals surface area contributed by atoms with Crippen LogP contribution in [0.25, 0.3) is 0 Å². The number of nitro groups is 1. The van der Waals surface area contributed by atoms with Gasteiger partial charge in [-0.2, -0.15) is 0 Å². The molecular weight excluding hydrogens is 254 g/mol. The highest BCUT2D eigenvalue weighted by molar-refractivity contribution is 5.65. The van der Waals surface area contributed by atoms with Crippen molar-refractivity contribution in [1.82, 2.24) is 9.88 Å². The molecule has 0 aromatic carbocycles. The van der Waals surface area contributed by atoms with E-state index in [4.69, 9.17) is 9.84 Å². The molecular formula is C11H13N3O5. The summed E-state index contributed by atoms with van der Waals surface area (Å²) in [4.78, 5) is 25.9. The molecule has 1 unspecified atom stereocenters. The van der Waals surface area contributed by atoms with Crippen LogP contribution in [0.2, 0.25) is 0 Å². The van der Waals surface area contributed by atoms with Crippen LogP contribution in [0.4, 0.5) is 10.5 Å². The number of carboxylic acid groups (broad SMARTS) is 1. The molecule has 0 spiro atoms. The van der Waals surface area contributed by atoms with E-state index in [-0.39, 0.29) is 24.2 Å². The number of nitrogens with zero attached hydrogens (tertiary/aromatic N) is 3. The second kappa shape index (κ2) is 5.51. The lowest BCUT2D eigenvalue weighted by molar-refractivity contribution is -0.385. The Kier molecular flexibility index (Phi) is 3.79. The summed E-state index contributed by atoms with van der Waals surface area (Å²) < 4.78 is 5.53. The molecule has 8 heteroatoms. The van der Waals surface area contributed by atoms with Crippen LogP contribution in [0.15, 0.2) is 18.3 Å². The maximum atomic E-state index is 10.9. The van der Waals surface area contributed by atoms with Crippen LogP contribution in [0.5, 0.6) is 5.88 Å². The lowest BCUT2D eigenvalue weighted by Crippen LogP contribution is -2.43. The third-order valence-corrected chi connectivity index (χ3v) is 2.87. The molecule has 1 aromatic heterocycles. The largest absolute Gasteiger partial charge is 0.472 e. The van der Waals surface area contributed by atoms with E-state index in [1.54, 1.807) is 0 Å². The second-order valence-corrected chi connectivity index (χ2v) is 4.22. The van der Waals surface area contributed by atoms with Gasteiger partial charge in [-0.15, -0.1) is 0 Å². The van der Waals surface area contributed by atoms with Gasteiger partial charge in [-0.3, -0.25) is 10.1 Å². The van der Waals surface area contributed by atoms with Gasteiger partial charge in [-0.25, -0.2) is 9.78 Å². The lowest BCUT2D eigenvalue weighted by Gasteiger charge is -2.30. The molecule has 1 atom stereocenters. The molecule has 1 fully saturated rings. The maximum absolute atomic E-state index is 10.9. The van der Waals surface area contributed by atoms with Gasteiger partial charge in [0.15, 0.2) is 0 Å². The zero-order valence-corrected chi connectivity index (χ0v) is 10.1. The van der Waals surface area contributed by atoms with Crippen molar-refractivity contribution in [3.8, 4) is 5.88 Å². The molecule has 0 saturated carbocycles. The van der Waals surface area contributed by atoms with Crippen LogP contribution < -0.4 is 4.74 Å². The van der Waals surface area contributed by atoms with Crippen molar-refractivity contribution in [2.75, 3.05) is 13.1 Å². The van der Waals surface area contributed by atoms with Gasteiger partial charge in [0.05, 0.1) is 11.5 Å². The van der Waals surface area contributed by atoms with E-state index in [9.17, 15) is 14.9 Å². The molecule has 2 heterocycles.